The Bertz CT molecular complexity index is 1370. The van der Waals surface area contributed by atoms with Crippen LogP contribution < -0.4 is 0 Å². The number of fused-ring (bicyclic) bond motifs is 2. The molecule has 0 amide bonds. The van der Waals surface area contributed by atoms with Gasteiger partial charge in [0.25, 0.3) is 5.89 Å². The topological polar surface area (TPSA) is 97.3 Å². The minimum absolute atomic E-state index is 0.0544. The first-order valence-electron chi connectivity index (χ1n) is 10.9. The fourth-order valence-electron chi connectivity index (χ4n) is 4.55. The van der Waals surface area contributed by atoms with Gasteiger partial charge in [-0.15, -0.1) is 0 Å². The van der Waals surface area contributed by atoms with Crippen LogP contribution in [-0.2, 0) is 17.8 Å². The molecule has 8 nitrogen and oxygen atoms in total. The minimum atomic E-state index is -0.804. The molecular formula is C24H24ClN5O3. The Morgan fingerprint density at radius 3 is 2.85 bits per heavy atom. The second-order valence-corrected chi connectivity index (χ2v) is 9.07. The third-order valence-corrected chi connectivity index (χ3v) is 6.47. The van der Waals surface area contributed by atoms with E-state index < -0.39 is 5.97 Å². The van der Waals surface area contributed by atoms with Crippen LogP contribution in [-0.4, -0.2) is 49.0 Å². The van der Waals surface area contributed by atoms with Crippen molar-refractivity contribution >= 4 is 28.5 Å². The van der Waals surface area contributed by atoms with Gasteiger partial charge in [0.1, 0.15) is 0 Å². The highest BCUT2D eigenvalue weighted by Gasteiger charge is 2.23. The second kappa shape index (κ2) is 8.28. The van der Waals surface area contributed by atoms with Gasteiger partial charge in [-0.2, -0.15) is 10.1 Å². The zero-order chi connectivity index (χ0) is 23.3. The molecule has 0 fully saturated rings. The van der Waals surface area contributed by atoms with Crippen LogP contribution in [0.1, 0.15) is 36.6 Å². The molecule has 170 valence electrons. The normalized spacial score (nSPS) is 14.2. The SMILES string of the molecule is Cc1c(-c2noc(-c3ccc4c(c3)c(Cl)nn4C(C)C)n2)ccc2c1CCN(CC(=O)O)C2. The first-order chi connectivity index (χ1) is 15.8. The molecule has 3 heterocycles. The number of aliphatic carboxylic acids is 1. The van der Waals surface area contributed by atoms with Crippen LogP contribution in [0.5, 0.6) is 0 Å². The molecule has 1 aliphatic rings. The minimum Gasteiger partial charge on any atom is -0.480 e. The lowest BCUT2D eigenvalue weighted by Crippen LogP contribution is -2.35. The van der Waals surface area contributed by atoms with Gasteiger partial charge in [0, 0.05) is 35.6 Å². The molecule has 2 aromatic carbocycles. The summed E-state index contributed by atoms with van der Waals surface area (Å²) in [6.45, 7) is 7.58. The summed E-state index contributed by atoms with van der Waals surface area (Å²) in [4.78, 5) is 17.6. The number of halogens is 1. The summed E-state index contributed by atoms with van der Waals surface area (Å²) >= 11 is 6.37. The molecule has 4 aromatic rings. The van der Waals surface area contributed by atoms with Crippen molar-refractivity contribution in [1.29, 1.82) is 0 Å². The molecule has 1 N–H and O–H groups in total. The number of aromatic nitrogens is 4. The van der Waals surface area contributed by atoms with E-state index in [1.54, 1.807) is 0 Å². The number of benzene rings is 2. The molecule has 5 rings (SSSR count). The van der Waals surface area contributed by atoms with Gasteiger partial charge >= 0.3 is 5.97 Å². The lowest BCUT2D eigenvalue weighted by Gasteiger charge is -2.28. The Balaban J connectivity index is 1.46. The molecule has 2 aromatic heterocycles. The van der Waals surface area contributed by atoms with Crippen molar-refractivity contribution in [2.75, 3.05) is 13.1 Å². The first kappa shape index (κ1) is 21.6. The van der Waals surface area contributed by atoms with E-state index >= 15 is 0 Å². The fourth-order valence-corrected chi connectivity index (χ4v) is 4.78. The average molecular weight is 466 g/mol. The lowest BCUT2D eigenvalue weighted by atomic mass is 9.91. The molecule has 0 radical (unpaired) electrons. The average Bonchev–Trinajstić information content (AvgIpc) is 3.38. The maximum atomic E-state index is 11.0. The molecule has 0 unspecified atom stereocenters. The van der Waals surface area contributed by atoms with Gasteiger partial charge in [0.15, 0.2) is 5.15 Å². The summed E-state index contributed by atoms with van der Waals surface area (Å²) in [5.74, 6) is 0.148. The number of carbonyl (C=O) groups is 1. The zero-order valence-electron chi connectivity index (χ0n) is 18.7. The number of rotatable bonds is 5. The quantitative estimate of drug-likeness (QED) is 0.454. The maximum absolute atomic E-state index is 11.0. The summed E-state index contributed by atoms with van der Waals surface area (Å²) in [7, 11) is 0. The third-order valence-electron chi connectivity index (χ3n) is 6.19. The largest absolute Gasteiger partial charge is 0.480 e. The molecule has 33 heavy (non-hydrogen) atoms. The van der Waals surface area contributed by atoms with Gasteiger partial charge in [0.2, 0.25) is 5.82 Å². The molecule has 0 aliphatic carbocycles. The Morgan fingerprint density at radius 2 is 2.09 bits per heavy atom. The van der Waals surface area contributed by atoms with Crippen LogP contribution in [0.15, 0.2) is 34.9 Å². The Hall–Kier alpha value is -3.23. The number of hydrogen-bond donors (Lipinski definition) is 1. The van der Waals surface area contributed by atoms with Crippen LogP contribution in [0.3, 0.4) is 0 Å². The molecule has 1 aliphatic heterocycles. The predicted molar refractivity (Wildman–Crippen MR) is 125 cm³/mol. The highest BCUT2D eigenvalue weighted by Crippen LogP contribution is 2.33. The molecule has 0 spiro atoms. The fraction of sp³-hybridized carbons (Fsp3) is 0.333. The number of carboxylic acids is 1. The zero-order valence-corrected chi connectivity index (χ0v) is 19.4. The van der Waals surface area contributed by atoms with Crippen molar-refractivity contribution in [2.24, 2.45) is 0 Å². The van der Waals surface area contributed by atoms with E-state index in [1.165, 1.54) is 5.56 Å². The van der Waals surface area contributed by atoms with Crippen molar-refractivity contribution < 1.29 is 14.4 Å². The molecular weight excluding hydrogens is 442 g/mol. The van der Waals surface area contributed by atoms with Crippen molar-refractivity contribution in [1.82, 2.24) is 24.8 Å². The highest BCUT2D eigenvalue weighted by molar-refractivity contribution is 6.34. The highest BCUT2D eigenvalue weighted by atomic mass is 35.5. The van der Waals surface area contributed by atoms with Crippen molar-refractivity contribution in [2.45, 2.75) is 39.8 Å². The summed E-state index contributed by atoms with van der Waals surface area (Å²) in [6.07, 6.45) is 0.794. The first-order valence-corrected chi connectivity index (χ1v) is 11.3. The summed E-state index contributed by atoms with van der Waals surface area (Å²) in [5, 5.41) is 19.0. The molecule has 0 bridgehead atoms. The van der Waals surface area contributed by atoms with Crippen molar-refractivity contribution in [3.05, 3.63) is 52.2 Å². The molecule has 9 heteroatoms. The van der Waals surface area contributed by atoms with E-state index in [0.29, 0.717) is 30.0 Å². The Labute approximate surface area is 195 Å². The molecule has 0 saturated carbocycles. The summed E-state index contributed by atoms with van der Waals surface area (Å²) in [5.41, 5.74) is 6.14. The van der Waals surface area contributed by atoms with Crippen molar-refractivity contribution in [3.63, 3.8) is 0 Å². The van der Waals surface area contributed by atoms with Crippen LogP contribution in [0.2, 0.25) is 5.15 Å². The number of nitrogens with zero attached hydrogens (tertiary/aromatic N) is 5. The maximum Gasteiger partial charge on any atom is 0.317 e. The number of carboxylic acid groups (broad SMARTS) is 1. The third kappa shape index (κ3) is 3.89. The van der Waals surface area contributed by atoms with Crippen molar-refractivity contribution in [3.8, 4) is 22.8 Å². The van der Waals surface area contributed by atoms with E-state index in [2.05, 4.69) is 36.0 Å². The summed E-state index contributed by atoms with van der Waals surface area (Å²) in [6, 6.07) is 10.1. The second-order valence-electron chi connectivity index (χ2n) is 8.71. The molecule has 0 saturated heterocycles. The van der Waals surface area contributed by atoms with Crippen LogP contribution in [0.25, 0.3) is 33.7 Å². The lowest BCUT2D eigenvalue weighted by molar-refractivity contribution is -0.138. The predicted octanol–water partition coefficient (Wildman–Crippen LogP) is 4.74. The van der Waals surface area contributed by atoms with Crippen LogP contribution in [0, 0.1) is 6.92 Å². The monoisotopic (exact) mass is 465 g/mol. The van der Waals surface area contributed by atoms with Gasteiger partial charge in [0.05, 0.1) is 12.1 Å². The van der Waals surface area contributed by atoms with E-state index in [0.717, 1.165) is 39.6 Å². The smallest absolute Gasteiger partial charge is 0.317 e. The standard InChI is InChI=1S/C24H24ClN5O3/c1-13(2)30-20-7-5-15(10-19(20)22(25)27-30)24-26-23(28-33-24)18-6-4-16-11-29(12-21(31)32)9-8-17(16)14(18)3/h4-7,10,13H,8-9,11-12H2,1-3H3,(H,31,32). The van der Waals surface area contributed by atoms with Crippen LogP contribution in [0.4, 0.5) is 0 Å². The van der Waals surface area contributed by atoms with E-state index in [1.807, 2.05) is 39.9 Å². The number of hydrogen-bond acceptors (Lipinski definition) is 6. The van der Waals surface area contributed by atoms with E-state index in [9.17, 15) is 4.79 Å². The Kier molecular flexibility index (Phi) is 5.42. The van der Waals surface area contributed by atoms with Gasteiger partial charge in [-0.1, -0.05) is 28.9 Å². The van der Waals surface area contributed by atoms with Gasteiger partial charge in [-0.05, 0) is 62.1 Å². The van der Waals surface area contributed by atoms with Gasteiger partial charge in [-0.25, -0.2) is 0 Å². The Morgan fingerprint density at radius 1 is 1.27 bits per heavy atom. The molecule has 0 atom stereocenters. The van der Waals surface area contributed by atoms with Gasteiger partial charge in [-0.3, -0.25) is 14.4 Å². The summed E-state index contributed by atoms with van der Waals surface area (Å²) < 4.78 is 7.50. The van der Waals surface area contributed by atoms with E-state index in [4.69, 9.17) is 21.2 Å². The van der Waals surface area contributed by atoms with Gasteiger partial charge < -0.3 is 9.63 Å². The van der Waals surface area contributed by atoms with E-state index in [-0.39, 0.29) is 12.6 Å². The van der Waals surface area contributed by atoms with Crippen LogP contribution >= 0.6 is 11.6 Å².